The van der Waals surface area contributed by atoms with Gasteiger partial charge in [0.05, 0.1) is 31.5 Å². The lowest BCUT2D eigenvalue weighted by Crippen LogP contribution is -2.51. The van der Waals surface area contributed by atoms with Gasteiger partial charge in [0.1, 0.15) is 36.6 Å². The highest BCUT2D eigenvalue weighted by Crippen LogP contribution is 2.08. The van der Waals surface area contributed by atoms with Crippen LogP contribution in [-0.2, 0) is 0 Å². The van der Waals surface area contributed by atoms with E-state index in [1.165, 1.54) is 23.9 Å². The van der Waals surface area contributed by atoms with Gasteiger partial charge in [-0.25, -0.2) is 0 Å². The summed E-state index contributed by atoms with van der Waals surface area (Å²) < 4.78 is 0. The third-order valence-electron chi connectivity index (χ3n) is 4.69. The molecule has 13 heteroatoms. The van der Waals surface area contributed by atoms with Gasteiger partial charge < -0.3 is 66.0 Å². The Bertz CT molecular complexity index is 412. The zero-order valence-corrected chi connectivity index (χ0v) is 17.3. The molecule has 11 N–H and O–H groups in total. The second-order valence-electron chi connectivity index (χ2n) is 7.69. The summed E-state index contributed by atoms with van der Waals surface area (Å²) in [5.74, 6) is 0. The summed E-state index contributed by atoms with van der Waals surface area (Å²) in [5, 5.41) is 105. The normalized spacial score (nSPS) is 21.7. The molecule has 8 atom stereocenters. The van der Waals surface area contributed by atoms with Crippen molar-refractivity contribution in [2.75, 3.05) is 53.5 Å². The Morgan fingerprint density at radius 3 is 1.00 bits per heavy atom. The molecule has 0 rings (SSSR count). The largest absolute Gasteiger partial charge is 0.394 e. The summed E-state index contributed by atoms with van der Waals surface area (Å²) in [6.45, 7) is -1.85. The van der Waals surface area contributed by atoms with E-state index in [2.05, 4.69) is 0 Å². The van der Waals surface area contributed by atoms with Crippen LogP contribution in [0.1, 0.15) is 0 Å². The quantitative estimate of drug-likeness (QED) is 0.106. The van der Waals surface area contributed by atoms with E-state index in [4.69, 9.17) is 10.2 Å². The summed E-state index contributed by atoms with van der Waals surface area (Å²) in [6.07, 6.45) is -14.1. The molecule has 0 aliphatic heterocycles. The third kappa shape index (κ3) is 10.2. The van der Waals surface area contributed by atoms with E-state index in [0.29, 0.717) is 0 Å². The SMILES string of the molecule is CN(CC(O)CN(C)CC(O)C(O)C(O)C(O)CO)CC(O)C(O)C(O)C(O)CO. The van der Waals surface area contributed by atoms with Crippen LogP contribution in [0.25, 0.3) is 0 Å². The molecule has 0 aromatic carbocycles. The molecule has 0 aliphatic carbocycles. The van der Waals surface area contributed by atoms with Crippen molar-refractivity contribution in [3.8, 4) is 0 Å². The Balaban J connectivity index is 4.45. The summed E-state index contributed by atoms with van der Waals surface area (Å²) in [4.78, 5) is 2.91. The first kappa shape index (κ1) is 29.5. The fraction of sp³-hybridized carbons (Fsp3) is 1.00. The van der Waals surface area contributed by atoms with Crippen LogP contribution in [-0.4, -0.2) is 174 Å². The molecule has 0 bridgehead atoms. The molecule has 0 radical (unpaired) electrons. The van der Waals surface area contributed by atoms with Crippen molar-refractivity contribution in [1.29, 1.82) is 0 Å². The lowest BCUT2D eigenvalue weighted by Gasteiger charge is -2.31. The van der Waals surface area contributed by atoms with Gasteiger partial charge in [0.15, 0.2) is 0 Å². The highest BCUT2D eigenvalue weighted by Gasteiger charge is 2.32. The molecule has 0 aliphatic rings. The molecule has 0 heterocycles. The lowest BCUT2D eigenvalue weighted by molar-refractivity contribution is -0.121. The number of aliphatic hydroxyl groups is 11. The molecule has 30 heavy (non-hydrogen) atoms. The molecule has 0 fully saturated rings. The van der Waals surface area contributed by atoms with Crippen LogP contribution in [0.2, 0.25) is 0 Å². The van der Waals surface area contributed by atoms with Gasteiger partial charge in [0.25, 0.3) is 0 Å². The van der Waals surface area contributed by atoms with Crippen LogP contribution in [0, 0.1) is 0 Å². The maximum atomic E-state index is 10.1. The summed E-state index contributed by atoms with van der Waals surface area (Å²) in [5.41, 5.74) is 0. The minimum Gasteiger partial charge on any atom is -0.394 e. The van der Waals surface area contributed by atoms with E-state index in [9.17, 15) is 46.0 Å². The van der Waals surface area contributed by atoms with Crippen molar-refractivity contribution in [2.45, 2.75) is 54.9 Å². The maximum absolute atomic E-state index is 10.1. The Morgan fingerprint density at radius 1 is 0.467 bits per heavy atom. The Hall–Kier alpha value is -0.520. The van der Waals surface area contributed by atoms with Gasteiger partial charge in [-0.1, -0.05) is 0 Å². The van der Waals surface area contributed by atoms with Gasteiger partial charge in [0, 0.05) is 26.2 Å². The molecule has 13 nitrogen and oxygen atoms in total. The number of nitrogens with zero attached hydrogens (tertiary/aromatic N) is 2. The van der Waals surface area contributed by atoms with Gasteiger partial charge in [-0.05, 0) is 14.1 Å². The number of hydrogen-bond acceptors (Lipinski definition) is 13. The Labute approximate surface area is 175 Å². The molecular formula is C17H38N2O11. The average molecular weight is 446 g/mol. The van der Waals surface area contributed by atoms with Crippen LogP contribution >= 0.6 is 0 Å². The molecule has 0 saturated heterocycles. The van der Waals surface area contributed by atoms with E-state index in [1.54, 1.807) is 0 Å². The molecular weight excluding hydrogens is 408 g/mol. The Kier molecular flexibility index (Phi) is 14.3. The summed E-state index contributed by atoms with van der Waals surface area (Å²) in [7, 11) is 3.05. The summed E-state index contributed by atoms with van der Waals surface area (Å²) >= 11 is 0. The standard InChI is InChI=1S/C17H38N2O11/c1-18(5-10(23)14(27)16(29)12(25)7-20)3-9(22)4-19(2)6-11(24)15(28)17(30)13(26)8-21/h9-17,20-30H,3-8H2,1-2H3. The van der Waals surface area contributed by atoms with Crippen molar-refractivity contribution in [1.82, 2.24) is 9.80 Å². The van der Waals surface area contributed by atoms with Gasteiger partial charge in [-0.2, -0.15) is 0 Å². The Morgan fingerprint density at radius 2 is 0.733 bits per heavy atom. The average Bonchev–Trinajstić information content (AvgIpc) is 2.69. The third-order valence-corrected chi connectivity index (χ3v) is 4.69. The van der Waals surface area contributed by atoms with Crippen molar-refractivity contribution >= 4 is 0 Å². The molecule has 0 aromatic heterocycles. The fourth-order valence-corrected chi connectivity index (χ4v) is 2.91. The van der Waals surface area contributed by atoms with Gasteiger partial charge in [-0.15, -0.1) is 0 Å². The summed E-state index contributed by atoms with van der Waals surface area (Å²) in [6, 6.07) is 0. The fourth-order valence-electron chi connectivity index (χ4n) is 2.91. The number of rotatable bonds is 16. The van der Waals surface area contributed by atoms with Crippen LogP contribution in [0.3, 0.4) is 0 Å². The highest BCUT2D eigenvalue weighted by atomic mass is 16.4. The second-order valence-corrected chi connectivity index (χ2v) is 7.69. The van der Waals surface area contributed by atoms with Gasteiger partial charge >= 0.3 is 0 Å². The first-order valence-corrected chi connectivity index (χ1v) is 9.57. The maximum Gasteiger partial charge on any atom is 0.111 e. The highest BCUT2D eigenvalue weighted by molar-refractivity contribution is 4.84. The van der Waals surface area contributed by atoms with Crippen molar-refractivity contribution in [3.05, 3.63) is 0 Å². The molecule has 0 spiro atoms. The monoisotopic (exact) mass is 446 g/mol. The first-order valence-electron chi connectivity index (χ1n) is 9.57. The van der Waals surface area contributed by atoms with Crippen LogP contribution in [0.15, 0.2) is 0 Å². The number of hydrogen-bond donors (Lipinski definition) is 11. The minimum atomic E-state index is -1.75. The van der Waals surface area contributed by atoms with E-state index >= 15 is 0 Å². The van der Waals surface area contributed by atoms with Crippen LogP contribution < -0.4 is 0 Å². The minimum absolute atomic E-state index is 0.0251. The lowest BCUT2D eigenvalue weighted by atomic mass is 10.0. The molecule has 8 unspecified atom stereocenters. The topological polar surface area (TPSA) is 229 Å². The second kappa shape index (κ2) is 14.5. The number of likely N-dealkylation sites (N-methyl/N-ethyl adjacent to an activating group) is 2. The predicted octanol–water partition coefficient (Wildman–Crippen LogP) is -6.92. The molecule has 0 saturated carbocycles. The van der Waals surface area contributed by atoms with E-state index in [0.717, 1.165) is 0 Å². The van der Waals surface area contributed by atoms with Gasteiger partial charge in [-0.3, -0.25) is 0 Å². The van der Waals surface area contributed by atoms with Crippen molar-refractivity contribution < 1.29 is 56.2 Å². The molecule has 0 aromatic rings. The zero-order valence-electron chi connectivity index (χ0n) is 17.3. The van der Waals surface area contributed by atoms with Crippen molar-refractivity contribution in [2.24, 2.45) is 0 Å². The van der Waals surface area contributed by atoms with E-state index in [1.807, 2.05) is 0 Å². The van der Waals surface area contributed by atoms with Crippen molar-refractivity contribution in [3.63, 3.8) is 0 Å². The van der Waals surface area contributed by atoms with E-state index in [-0.39, 0.29) is 26.2 Å². The molecule has 182 valence electrons. The number of aliphatic hydroxyl groups excluding tert-OH is 11. The smallest absolute Gasteiger partial charge is 0.111 e. The van der Waals surface area contributed by atoms with Crippen LogP contribution in [0.4, 0.5) is 0 Å². The first-order chi connectivity index (χ1) is 13.8. The van der Waals surface area contributed by atoms with Crippen LogP contribution in [0.5, 0.6) is 0 Å². The van der Waals surface area contributed by atoms with E-state index < -0.39 is 68.1 Å². The zero-order chi connectivity index (χ0) is 23.6. The molecule has 0 amide bonds. The van der Waals surface area contributed by atoms with Gasteiger partial charge in [0.2, 0.25) is 0 Å². The predicted molar refractivity (Wildman–Crippen MR) is 103 cm³/mol.